The first kappa shape index (κ1) is 17.0. The zero-order valence-corrected chi connectivity index (χ0v) is 14.7. The number of hydrogen-bond acceptors (Lipinski definition) is 6. The molecule has 0 radical (unpaired) electrons. The highest BCUT2D eigenvalue weighted by atomic mass is 16.5. The number of hydrogen-bond donors (Lipinski definition) is 2. The molecule has 3 rings (SSSR count). The lowest BCUT2D eigenvalue weighted by molar-refractivity contribution is 0.210. The summed E-state index contributed by atoms with van der Waals surface area (Å²) in [5.74, 6) is 2.04. The van der Waals surface area contributed by atoms with Crippen LogP contribution in [0.4, 0.5) is 17.5 Å². The number of aryl methyl sites for hydroxylation is 1. The van der Waals surface area contributed by atoms with Gasteiger partial charge >= 0.3 is 0 Å². The van der Waals surface area contributed by atoms with E-state index in [0.29, 0.717) is 19.1 Å². The normalized spacial score (nSPS) is 10.7. The van der Waals surface area contributed by atoms with Crippen LogP contribution in [0, 0.1) is 6.92 Å². The lowest BCUT2D eigenvalue weighted by atomic mass is 10.2. The van der Waals surface area contributed by atoms with Crippen LogP contribution in [-0.2, 0) is 4.74 Å². The predicted octanol–water partition coefficient (Wildman–Crippen LogP) is 3.75. The summed E-state index contributed by atoms with van der Waals surface area (Å²) in [5.41, 5.74) is 2.83. The van der Waals surface area contributed by atoms with Crippen molar-refractivity contribution in [3.63, 3.8) is 0 Å². The highest BCUT2D eigenvalue weighted by Crippen LogP contribution is 2.29. The van der Waals surface area contributed by atoms with E-state index in [1.54, 1.807) is 14.2 Å². The molecule has 1 heterocycles. The molecule has 0 atom stereocenters. The number of aromatic nitrogens is 2. The fraction of sp³-hybridized carbons (Fsp3) is 0.263. The summed E-state index contributed by atoms with van der Waals surface area (Å²) < 4.78 is 10.5. The second-order valence-corrected chi connectivity index (χ2v) is 5.66. The molecule has 0 amide bonds. The van der Waals surface area contributed by atoms with Crippen molar-refractivity contribution < 1.29 is 9.47 Å². The molecule has 130 valence electrons. The van der Waals surface area contributed by atoms with E-state index in [2.05, 4.69) is 20.6 Å². The van der Waals surface area contributed by atoms with E-state index in [0.717, 1.165) is 33.7 Å². The SMILES string of the molecule is COCCNc1nc(Nc2cc(C)ccc2OC)nc2ccccc12. The second-order valence-electron chi connectivity index (χ2n) is 5.66. The molecule has 0 aliphatic rings. The van der Waals surface area contributed by atoms with E-state index >= 15 is 0 Å². The molecule has 2 N–H and O–H groups in total. The van der Waals surface area contributed by atoms with Crippen LogP contribution in [0.25, 0.3) is 10.9 Å². The minimum atomic E-state index is 0.516. The Balaban J connectivity index is 1.97. The van der Waals surface area contributed by atoms with Crippen LogP contribution in [0.1, 0.15) is 5.56 Å². The van der Waals surface area contributed by atoms with E-state index in [-0.39, 0.29) is 0 Å². The number of rotatable bonds is 7. The van der Waals surface area contributed by atoms with Crippen molar-refractivity contribution in [1.82, 2.24) is 9.97 Å². The number of benzene rings is 2. The standard InChI is InChI=1S/C19H22N4O2/c1-13-8-9-17(25-3)16(12-13)22-19-21-15-7-5-4-6-14(15)18(23-19)20-10-11-24-2/h4-9,12H,10-11H2,1-3H3,(H2,20,21,22,23). The fourth-order valence-corrected chi connectivity index (χ4v) is 2.58. The molecule has 0 saturated heterocycles. The number of nitrogens with one attached hydrogen (secondary N) is 2. The van der Waals surface area contributed by atoms with Gasteiger partial charge in [0.25, 0.3) is 0 Å². The van der Waals surface area contributed by atoms with E-state index in [9.17, 15) is 0 Å². The number of methoxy groups -OCH3 is 2. The van der Waals surface area contributed by atoms with Gasteiger partial charge in [-0.1, -0.05) is 18.2 Å². The second kappa shape index (κ2) is 7.81. The molecule has 0 aliphatic heterocycles. The zero-order chi connectivity index (χ0) is 17.6. The van der Waals surface area contributed by atoms with Gasteiger partial charge in [0.05, 0.1) is 24.9 Å². The molecule has 0 unspecified atom stereocenters. The number of anilines is 3. The first-order valence-electron chi connectivity index (χ1n) is 8.12. The van der Waals surface area contributed by atoms with Crippen LogP contribution in [0.2, 0.25) is 0 Å². The van der Waals surface area contributed by atoms with E-state index in [4.69, 9.17) is 9.47 Å². The molecule has 6 heteroatoms. The van der Waals surface area contributed by atoms with Crippen molar-refractivity contribution >= 4 is 28.4 Å². The maximum atomic E-state index is 5.42. The van der Waals surface area contributed by atoms with E-state index < -0.39 is 0 Å². The maximum absolute atomic E-state index is 5.42. The molecule has 25 heavy (non-hydrogen) atoms. The predicted molar refractivity (Wildman–Crippen MR) is 101 cm³/mol. The number of ether oxygens (including phenoxy) is 2. The summed E-state index contributed by atoms with van der Waals surface area (Å²) in [4.78, 5) is 9.24. The molecule has 0 aliphatic carbocycles. The molecule has 1 aromatic heterocycles. The average molecular weight is 338 g/mol. The van der Waals surface area contributed by atoms with Gasteiger partial charge in [-0.2, -0.15) is 4.98 Å². The third-order valence-electron chi connectivity index (χ3n) is 3.80. The summed E-state index contributed by atoms with van der Waals surface area (Å²) in [6, 6.07) is 13.8. The summed E-state index contributed by atoms with van der Waals surface area (Å²) >= 11 is 0. The Hall–Kier alpha value is -2.86. The van der Waals surface area contributed by atoms with Crippen LogP contribution in [0.3, 0.4) is 0 Å². The molecular formula is C19H22N4O2. The van der Waals surface area contributed by atoms with Crippen LogP contribution in [-0.4, -0.2) is 37.3 Å². The molecule has 6 nitrogen and oxygen atoms in total. The van der Waals surface area contributed by atoms with Gasteiger partial charge in [0.2, 0.25) is 5.95 Å². The van der Waals surface area contributed by atoms with Crippen LogP contribution < -0.4 is 15.4 Å². The van der Waals surface area contributed by atoms with Gasteiger partial charge in [0.15, 0.2) is 0 Å². The Bertz CT molecular complexity index is 867. The minimum absolute atomic E-state index is 0.516. The topological polar surface area (TPSA) is 68.3 Å². The van der Waals surface area contributed by atoms with Crippen molar-refractivity contribution in [3.05, 3.63) is 48.0 Å². The zero-order valence-electron chi connectivity index (χ0n) is 14.7. The van der Waals surface area contributed by atoms with E-state index in [1.807, 2.05) is 49.4 Å². The van der Waals surface area contributed by atoms with Crippen molar-refractivity contribution in [3.8, 4) is 5.75 Å². The van der Waals surface area contributed by atoms with Crippen molar-refractivity contribution in [2.75, 3.05) is 38.0 Å². The van der Waals surface area contributed by atoms with Gasteiger partial charge in [-0.05, 0) is 36.8 Å². The summed E-state index contributed by atoms with van der Waals surface area (Å²) in [6.07, 6.45) is 0. The molecular weight excluding hydrogens is 316 g/mol. The van der Waals surface area contributed by atoms with Gasteiger partial charge < -0.3 is 20.1 Å². The van der Waals surface area contributed by atoms with Crippen molar-refractivity contribution in [2.24, 2.45) is 0 Å². The van der Waals surface area contributed by atoms with Crippen molar-refractivity contribution in [2.45, 2.75) is 6.92 Å². The molecule has 2 aromatic carbocycles. The Morgan fingerprint density at radius 2 is 1.88 bits per heavy atom. The van der Waals surface area contributed by atoms with Gasteiger partial charge in [-0.25, -0.2) is 4.98 Å². The summed E-state index contributed by atoms with van der Waals surface area (Å²) in [6.45, 7) is 3.31. The molecule has 0 spiro atoms. The summed E-state index contributed by atoms with van der Waals surface area (Å²) in [7, 11) is 3.32. The summed E-state index contributed by atoms with van der Waals surface area (Å²) in [5, 5.41) is 7.55. The molecule has 0 bridgehead atoms. The van der Waals surface area contributed by atoms with E-state index in [1.165, 1.54) is 0 Å². The number of fused-ring (bicyclic) bond motifs is 1. The third-order valence-corrected chi connectivity index (χ3v) is 3.80. The van der Waals surface area contributed by atoms with Crippen LogP contribution >= 0.6 is 0 Å². The molecule has 0 fully saturated rings. The molecule has 3 aromatic rings. The third kappa shape index (κ3) is 3.97. The Morgan fingerprint density at radius 3 is 2.68 bits per heavy atom. The highest BCUT2D eigenvalue weighted by molar-refractivity contribution is 5.90. The monoisotopic (exact) mass is 338 g/mol. The minimum Gasteiger partial charge on any atom is -0.495 e. The van der Waals surface area contributed by atoms with Gasteiger partial charge in [-0.15, -0.1) is 0 Å². The first-order valence-corrected chi connectivity index (χ1v) is 8.12. The quantitative estimate of drug-likeness (QED) is 0.640. The largest absolute Gasteiger partial charge is 0.495 e. The Morgan fingerprint density at radius 1 is 1.04 bits per heavy atom. The van der Waals surface area contributed by atoms with Gasteiger partial charge in [0, 0.05) is 19.0 Å². The Labute approximate surface area is 147 Å². The number of para-hydroxylation sites is 1. The van der Waals surface area contributed by atoms with Crippen molar-refractivity contribution in [1.29, 1.82) is 0 Å². The van der Waals surface area contributed by atoms with Gasteiger partial charge in [0.1, 0.15) is 11.6 Å². The lowest BCUT2D eigenvalue weighted by Crippen LogP contribution is -2.10. The molecule has 0 saturated carbocycles. The maximum Gasteiger partial charge on any atom is 0.229 e. The highest BCUT2D eigenvalue weighted by Gasteiger charge is 2.10. The Kier molecular flexibility index (Phi) is 5.30. The van der Waals surface area contributed by atoms with Crippen LogP contribution in [0.5, 0.6) is 5.75 Å². The average Bonchev–Trinajstić information content (AvgIpc) is 2.62. The van der Waals surface area contributed by atoms with Crippen LogP contribution in [0.15, 0.2) is 42.5 Å². The first-order chi connectivity index (χ1) is 12.2. The lowest BCUT2D eigenvalue weighted by Gasteiger charge is -2.14. The van der Waals surface area contributed by atoms with Gasteiger partial charge in [-0.3, -0.25) is 0 Å². The number of nitrogens with zero attached hydrogens (tertiary/aromatic N) is 2. The fourth-order valence-electron chi connectivity index (χ4n) is 2.58. The smallest absolute Gasteiger partial charge is 0.229 e.